The van der Waals surface area contributed by atoms with Crippen molar-refractivity contribution in [1.82, 2.24) is 4.90 Å². The summed E-state index contributed by atoms with van der Waals surface area (Å²) in [6.07, 6.45) is 5.82. The topological polar surface area (TPSA) is 35.9 Å². The van der Waals surface area contributed by atoms with Crippen LogP contribution in [0.2, 0.25) is 5.02 Å². The second-order valence-electron chi connectivity index (χ2n) is 8.33. The molecule has 2 aliphatic heterocycles. The summed E-state index contributed by atoms with van der Waals surface area (Å²) in [6.45, 7) is 4.83. The number of hydrogen-bond acceptors (Lipinski definition) is 6. The van der Waals surface area contributed by atoms with E-state index in [1.807, 2.05) is 37.3 Å². The van der Waals surface area contributed by atoms with Crippen LogP contribution in [0.4, 0.5) is 11.4 Å². The largest absolute Gasteiger partial charge is 0.372 e. The molecule has 1 amide bonds. The third kappa shape index (κ3) is 5.97. The highest BCUT2D eigenvalue weighted by atomic mass is 35.5. The number of thioether (sulfide) groups is 1. The molecule has 180 valence electrons. The van der Waals surface area contributed by atoms with Crippen molar-refractivity contribution in [2.24, 2.45) is 4.99 Å². The fourth-order valence-corrected chi connectivity index (χ4v) is 7.41. The van der Waals surface area contributed by atoms with Gasteiger partial charge in [0.15, 0.2) is 5.17 Å². The maximum atomic E-state index is 13.1. The average molecular weight is 540 g/mol. The standard InChI is InChI=1S/C27H26ClN3OS3/c1-2-31-26(32)24(18-23-14-15-25(34-23)33-22-12-6-19(28)7-13-22)35-27(31)29-20-8-10-21(11-9-20)30-16-4-3-5-17-30/h6-15,18H,2-5,16-17H2,1H3/b24-18+,29-27?. The Balaban J connectivity index is 1.30. The first-order valence-electron chi connectivity index (χ1n) is 11.8. The summed E-state index contributed by atoms with van der Waals surface area (Å²) in [5.74, 6) is 0.0153. The zero-order valence-corrected chi connectivity index (χ0v) is 22.7. The first kappa shape index (κ1) is 24.5. The van der Waals surface area contributed by atoms with E-state index >= 15 is 0 Å². The van der Waals surface area contributed by atoms with E-state index in [4.69, 9.17) is 16.6 Å². The predicted octanol–water partition coefficient (Wildman–Crippen LogP) is 8.17. The number of likely N-dealkylation sites (N-methyl/N-ethyl adjacent to an activating group) is 1. The third-order valence-corrected chi connectivity index (χ3v) is 9.34. The number of hydrogen-bond donors (Lipinski definition) is 0. The Morgan fingerprint density at radius 2 is 1.74 bits per heavy atom. The molecular formula is C27H26ClN3OS3. The van der Waals surface area contributed by atoms with Crippen LogP contribution in [-0.4, -0.2) is 35.6 Å². The Kier molecular flexibility index (Phi) is 7.88. The molecule has 2 saturated heterocycles. The lowest BCUT2D eigenvalue weighted by Crippen LogP contribution is -2.29. The van der Waals surface area contributed by atoms with E-state index in [1.54, 1.807) is 28.0 Å². The van der Waals surface area contributed by atoms with Gasteiger partial charge in [-0.2, -0.15) is 0 Å². The molecule has 0 bridgehead atoms. The number of nitrogens with zero attached hydrogens (tertiary/aromatic N) is 3. The molecule has 35 heavy (non-hydrogen) atoms. The van der Waals surface area contributed by atoms with E-state index in [2.05, 4.69) is 41.3 Å². The summed E-state index contributed by atoms with van der Waals surface area (Å²) in [5.41, 5.74) is 2.13. The number of aliphatic imine (C=N–C) groups is 1. The van der Waals surface area contributed by atoms with Gasteiger partial charge in [0.05, 0.1) is 14.8 Å². The summed E-state index contributed by atoms with van der Waals surface area (Å²) in [5, 5.41) is 1.47. The van der Waals surface area contributed by atoms with Gasteiger partial charge >= 0.3 is 0 Å². The van der Waals surface area contributed by atoms with Gasteiger partial charge in [0.2, 0.25) is 0 Å². The highest BCUT2D eigenvalue weighted by Crippen LogP contribution is 2.38. The zero-order valence-electron chi connectivity index (χ0n) is 19.4. The number of halogens is 1. The van der Waals surface area contributed by atoms with Crippen LogP contribution in [0.1, 0.15) is 31.1 Å². The lowest BCUT2D eigenvalue weighted by molar-refractivity contribution is -0.122. The Labute approximate surface area is 224 Å². The Morgan fingerprint density at radius 3 is 2.46 bits per heavy atom. The predicted molar refractivity (Wildman–Crippen MR) is 152 cm³/mol. The molecule has 3 aromatic rings. The van der Waals surface area contributed by atoms with E-state index in [9.17, 15) is 4.79 Å². The summed E-state index contributed by atoms with van der Waals surface area (Å²) < 4.78 is 1.17. The van der Waals surface area contributed by atoms with Gasteiger partial charge in [-0.05, 0) is 105 Å². The fraction of sp³-hybridized carbons (Fsp3) is 0.259. The number of piperidine rings is 1. The van der Waals surface area contributed by atoms with E-state index < -0.39 is 0 Å². The molecule has 3 heterocycles. The van der Waals surface area contributed by atoms with Gasteiger partial charge in [-0.1, -0.05) is 23.4 Å². The minimum absolute atomic E-state index is 0.0153. The van der Waals surface area contributed by atoms with Crippen molar-refractivity contribution < 1.29 is 4.79 Å². The maximum absolute atomic E-state index is 13.1. The monoisotopic (exact) mass is 539 g/mol. The van der Waals surface area contributed by atoms with Crippen LogP contribution in [0.15, 0.2) is 79.7 Å². The molecule has 1 aromatic heterocycles. The van der Waals surface area contributed by atoms with E-state index in [0.29, 0.717) is 11.4 Å². The van der Waals surface area contributed by atoms with Crippen LogP contribution in [0.25, 0.3) is 6.08 Å². The molecule has 5 rings (SSSR count). The van der Waals surface area contributed by atoms with E-state index in [1.165, 1.54) is 40.9 Å². The average Bonchev–Trinajstić information content (AvgIpc) is 3.44. The molecule has 2 fully saturated rings. The molecular weight excluding hydrogens is 514 g/mol. The van der Waals surface area contributed by atoms with Crippen LogP contribution in [-0.2, 0) is 4.79 Å². The Hall–Kier alpha value is -2.19. The molecule has 0 radical (unpaired) electrons. The summed E-state index contributed by atoms with van der Waals surface area (Å²) >= 11 is 10.8. The first-order chi connectivity index (χ1) is 17.1. The van der Waals surface area contributed by atoms with Crippen LogP contribution in [0, 0.1) is 0 Å². The highest BCUT2D eigenvalue weighted by molar-refractivity contribution is 8.18. The molecule has 4 nitrogen and oxygen atoms in total. The lowest BCUT2D eigenvalue weighted by atomic mass is 10.1. The summed E-state index contributed by atoms with van der Waals surface area (Å²) in [4.78, 5) is 25.0. The summed E-state index contributed by atoms with van der Waals surface area (Å²) in [7, 11) is 0. The smallest absolute Gasteiger partial charge is 0.266 e. The quantitative estimate of drug-likeness (QED) is 0.296. The molecule has 0 spiro atoms. The van der Waals surface area contributed by atoms with Crippen LogP contribution in [0.5, 0.6) is 0 Å². The third-order valence-electron chi connectivity index (χ3n) is 5.91. The second-order valence-corrected chi connectivity index (χ2v) is 12.3. The normalized spacial score (nSPS) is 18.7. The van der Waals surface area contributed by atoms with Crippen LogP contribution in [0.3, 0.4) is 0 Å². The number of anilines is 1. The van der Waals surface area contributed by atoms with Crippen LogP contribution >= 0.6 is 46.5 Å². The molecule has 2 aliphatic rings. The number of amides is 1. The number of benzene rings is 2. The lowest BCUT2D eigenvalue weighted by Gasteiger charge is -2.28. The van der Waals surface area contributed by atoms with Gasteiger partial charge in [0, 0.05) is 40.1 Å². The number of amidine groups is 1. The van der Waals surface area contributed by atoms with Gasteiger partial charge in [-0.15, -0.1) is 11.3 Å². The van der Waals surface area contributed by atoms with Gasteiger partial charge in [0.25, 0.3) is 5.91 Å². The molecule has 0 unspecified atom stereocenters. The number of rotatable bonds is 6. The van der Waals surface area contributed by atoms with Crippen molar-refractivity contribution >= 4 is 75.0 Å². The van der Waals surface area contributed by atoms with E-state index in [-0.39, 0.29) is 5.91 Å². The minimum atomic E-state index is 0.0153. The number of carbonyl (C=O) groups is 1. The zero-order chi connectivity index (χ0) is 24.2. The van der Waals surface area contributed by atoms with Gasteiger partial charge in [0.1, 0.15) is 0 Å². The van der Waals surface area contributed by atoms with Crippen LogP contribution < -0.4 is 4.90 Å². The number of carbonyl (C=O) groups excluding carboxylic acids is 1. The van der Waals surface area contributed by atoms with E-state index in [0.717, 1.165) is 38.7 Å². The Morgan fingerprint density at radius 1 is 1.00 bits per heavy atom. The highest BCUT2D eigenvalue weighted by Gasteiger charge is 2.32. The van der Waals surface area contributed by atoms with Crippen molar-refractivity contribution in [3.05, 3.63) is 75.5 Å². The van der Waals surface area contributed by atoms with Gasteiger partial charge in [-0.3, -0.25) is 9.69 Å². The van der Waals surface area contributed by atoms with Crippen molar-refractivity contribution in [2.75, 3.05) is 24.5 Å². The van der Waals surface area contributed by atoms with Crippen molar-refractivity contribution in [2.45, 2.75) is 35.3 Å². The molecule has 8 heteroatoms. The molecule has 2 aromatic carbocycles. The minimum Gasteiger partial charge on any atom is -0.372 e. The molecule has 0 atom stereocenters. The first-order valence-corrected chi connectivity index (χ1v) is 14.6. The van der Waals surface area contributed by atoms with Gasteiger partial charge in [-0.25, -0.2) is 4.99 Å². The van der Waals surface area contributed by atoms with Crippen molar-refractivity contribution in [3.63, 3.8) is 0 Å². The van der Waals surface area contributed by atoms with Crippen molar-refractivity contribution in [1.29, 1.82) is 0 Å². The molecule has 0 N–H and O–H groups in total. The maximum Gasteiger partial charge on any atom is 0.266 e. The SMILES string of the molecule is CCN1C(=O)/C(=C\c2ccc(Sc3ccc(Cl)cc3)s2)SC1=Nc1ccc(N2CCCCC2)cc1. The molecule has 0 aliphatic carbocycles. The fourth-order valence-electron chi connectivity index (χ4n) is 4.09. The Bertz CT molecular complexity index is 1250. The van der Waals surface area contributed by atoms with Gasteiger partial charge < -0.3 is 4.90 Å². The summed E-state index contributed by atoms with van der Waals surface area (Å²) in [6, 6.07) is 20.4. The molecule has 0 saturated carbocycles. The second kappa shape index (κ2) is 11.2. The van der Waals surface area contributed by atoms with Crippen molar-refractivity contribution in [3.8, 4) is 0 Å². The number of thiophene rings is 1.